The molecule has 0 aliphatic carbocycles. The van der Waals surface area contributed by atoms with E-state index in [9.17, 15) is 4.57 Å². The molecule has 0 saturated heterocycles. The lowest BCUT2D eigenvalue weighted by atomic mass is 11.7. The Morgan fingerprint density at radius 2 is 2.17 bits per heavy atom. The zero-order chi connectivity index (χ0) is 4.99. The second-order valence-corrected chi connectivity index (χ2v) is 1.88. The molecule has 0 fully saturated rings. The zero-order valence-corrected chi connectivity index (χ0v) is 5.16. The van der Waals surface area contributed by atoms with Crippen molar-refractivity contribution in [2.24, 2.45) is 0 Å². The van der Waals surface area contributed by atoms with Gasteiger partial charge in [-0.1, -0.05) is 23.2 Å². The molecule has 0 amide bonds. The Bertz CT molecular complexity index is 46.8. The summed E-state index contributed by atoms with van der Waals surface area (Å²) in [6.07, 6.45) is 0. The fraction of sp³-hybridized carbons (Fsp3) is 1.00. The van der Waals surface area contributed by atoms with Gasteiger partial charge in [0, 0.05) is 0 Å². The molecule has 0 spiro atoms. The molecule has 0 aliphatic rings. The van der Waals surface area contributed by atoms with Crippen LogP contribution in [0.3, 0.4) is 0 Å². The van der Waals surface area contributed by atoms with Crippen LogP contribution in [0.2, 0.25) is 0 Å². The van der Waals surface area contributed by atoms with Crippen LogP contribution in [0.4, 0.5) is 0 Å². The molecule has 6 heavy (non-hydrogen) atoms. The van der Waals surface area contributed by atoms with E-state index in [0.29, 0.717) is 0 Å². The van der Waals surface area contributed by atoms with Gasteiger partial charge >= 0.3 is 8.69 Å². The van der Waals surface area contributed by atoms with Crippen molar-refractivity contribution < 1.29 is 9.09 Å². The predicted octanol–water partition coefficient (Wildman–Crippen LogP) is 1.70. The van der Waals surface area contributed by atoms with Gasteiger partial charge in [0.15, 0.2) is 0 Å². The lowest BCUT2D eigenvalue weighted by Crippen LogP contribution is -1.79. The summed E-state index contributed by atoms with van der Waals surface area (Å²) < 4.78 is 13.4. The largest absolute Gasteiger partial charge is 0.496 e. The van der Waals surface area contributed by atoms with E-state index in [2.05, 4.69) is 4.52 Å². The summed E-state index contributed by atoms with van der Waals surface area (Å²) >= 11 is 9.86. The van der Waals surface area contributed by atoms with Crippen LogP contribution >= 0.6 is 31.9 Å². The monoisotopic (exact) mass is 147 g/mol. The van der Waals surface area contributed by atoms with E-state index >= 15 is 0 Å². The molecule has 36 valence electrons. The summed E-state index contributed by atoms with van der Waals surface area (Å²) in [4.78, 5) is 0. The maximum absolute atomic E-state index is 9.38. The minimum Gasteiger partial charge on any atom is -0.112 e. The molecule has 0 N–H and O–H groups in total. The summed E-state index contributed by atoms with van der Waals surface area (Å²) in [6.45, 7) is 0. The Hall–Kier alpha value is 0.640. The molecule has 5 heteroatoms. The van der Waals surface area contributed by atoms with Gasteiger partial charge in [0.1, 0.15) is 0 Å². The molecule has 0 aliphatic heterocycles. The van der Waals surface area contributed by atoms with E-state index in [1.54, 1.807) is 0 Å². The van der Waals surface area contributed by atoms with E-state index < -0.39 is 13.7 Å². The average molecular weight is 148 g/mol. The van der Waals surface area contributed by atoms with E-state index in [0.717, 1.165) is 0 Å². The molecule has 0 rings (SSSR count). The molecule has 1 atom stereocenters. The highest BCUT2D eigenvalue weighted by Crippen LogP contribution is 2.09. The van der Waals surface area contributed by atoms with Crippen molar-refractivity contribution in [2.45, 2.75) is 5.02 Å². The average Bonchev–Trinajstić information content (AvgIpc) is 1.35. The van der Waals surface area contributed by atoms with Gasteiger partial charge in [-0.3, -0.25) is 0 Å². The SMILES string of the molecule is O=[PH+]OC(Cl)Cl. The first kappa shape index (κ1) is 6.64. The van der Waals surface area contributed by atoms with Gasteiger partial charge in [0.2, 0.25) is 0 Å². The fourth-order valence-electron chi connectivity index (χ4n) is 0.0364. The summed E-state index contributed by atoms with van der Waals surface area (Å²) in [5, 5.41) is -0.958. The third-order valence-electron chi connectivity index (χ3n) is 0.137. The quantitative estimate of drug-likeness (QED) is 0.440. The van der Waals surface area contributed by atoms with Crippen LogP contribution in [0.5, 0.6) is 0 Å². The van der Waals surface area contributed by atoms with E-state index in [-0.39, 0.29) is 0 Å². The maximum atomic E-state index is 9.38. The van der Waals surface area contributed by atoms with Gasteiger partial charge in [0.05, 0.1) is 0 Å². The predicted molar refractivity (Wildman–Crippen MR) is 25.6 cm³/mol. The minimum absolute atomic E-state index is 0.876. The fourth-order valence-corrected chi connectivity index (χ4v) is 0.327. The van der Waals surface area contributed by atoms with Crippen molar-refractivity contribution in [3.05, 3.63) is 0 Å². The van der Waals surface area contributed by atoms with Crippen LogP contribution in [-0.2, 0) is 9.09 Å². The van der Waals surface area contributed by atoms with Crippen molar-refractivity contribution in [1.82, 2.24) is 0 Å². The number of halogens is 2. The first-order valence-electron chi connectivity index (χ1n) is 1.08. The highest BCUT2D eigenvalue weighted by atomic mass is 35.5. The number of hydrogen-bond acceptors (Lipinski definition) is 2. The Balaban J connectivity index is 2.81. The molecular weight excluding hydrogens is 146 g/mol. The Morgan fingerprint density at radius 3 is 2.17 bits per heavy atom. The standard InChI is InChI=1S/CH2Cl2O2P/c2-1(3)5-6-4/h1,6H/q+1. The normalized spacial score (nSPS) is 10.5. The molecule has 1 unspecified atom stereocenters. The third kappa shape index (κ3) is 4.64. The van der Waals surface area contributed by atoms with Gasteiger partial charge in [-0.05, 0) is 4.57 Å². The zero-order valence-electron chi connectivity index (χ0n) is 2.65. The molecular formula is CH2Cl2O2P+. The second-order valence-electron chi connectivity index (χ2n) is 0.462. The first-order chi connectivity index (χ1) is 2.77. The molecule has 0 aromatic carbocycles. The first-order valence-corrected chi connectivity index (χ1v) is 2.77. The Kier molecular flexibility index (Phi) is 4.22. The summed E-state index contributed by atoms with van der Waals surface area (Å²) in [5.74, 6) is 0. The van der Waals surface area contributed by atoms with Gasteiger partial charge in [-0.2, -0.15) is 0 Å². The van der Waals surface area contributed by atoms with Gasteiger partial charge in [-0.25, -0.2) is 0 Å². The van der Waals surface area contributed by atoms with E-state index in [1.807, 2.05) is 0 Å². The van der Waals surface area contributed by atoms with Crippen LogP contribution in [0.25, 0.3) is 0 Å². The highest BCUT2D eigenvalue weighted by molar-refractivity contribution is 7.17. The maximum Gasteiger partial charge on any atom is 0.496 e. The van der Waals surface area contributed by atoms with Crippen LogP contribution in [0, 0.1) is 0 Å². The summed E-state index contributed by atoms with van der Waals surface area (Å²) in [6, 6.07) is 0. The molecule has 0 aromatic heterocycles. The van der Waals surface area contributed by atoms with Gasteiger partial charge in [-0.15, -0.1) is 4.52 Å². The molecule has 0 heterocycles. The lowest BCUT2D eigenvalue weighted by molar-refractivity contribution is 0.379. The summed E-state index contributed by atoms with van der Waals surface area (Å²) in [5.41, 5.74) is 0. The smallest absolute Gasteiger partial charge is 0.112 e. The van der Waals surface area contributed by atoms with Crippen molar-refractivity contribution in [2.75, 3.05) is 0 Å². The van der Waals surface area contributed by atoms with Gasteiger partial charge in [0.25, 0.3) is 5.02 Å². The second kappa shape index (κ2) is 3.82. The Morgan fingerprint density at radius 1 is 1.67 bits per heavy atom. The molecule has 2 nitrogen and oxygen atoms in total. The molecule has 0 saturated carbocycles. The van der Waals surface area contributed by atoms with Gasteiger partial charge < -0.3 is 0 Å². The van der Waals surface area contributed by atoms with Crippen LogP contribution in [0.15, 0.2) is 0 Å². The van der Waals surface area contributed by atoms with Crippen LogP contribution in [0.1, 0.15) is 0 Å². The number of rotatable bonds is 2. The van der Waals surface area contributed by atoms with Crippen LogP contribution < -0.4 is 0 Å². The topological polar surface area (TPSA) is 26.3 Å². The van der Waals surface area contributed by atoms with Crippen molar-refractivity contribution in [3.8, 4) is 0 Å². The number of hydrogen-bond donors (Lipinski definition) is 0. The molecule has 0 bridgehead atoms. The summed E-state index contributed by atoms with van der Waals surface area (Å²) in [7, 11) is -0.876. The minimum atomic E-state index is -0.958. The van der Waals surface area contributed by atoms with E-state index in [1.165, 1.54) is 0 Å². The van der Waals surface area contributed by atoms with Crippen molar-refractivity contribution in [3.63, 3.8) is 0 Å². The van der Waals surface area contributed by atoms with Crippen LogP contribution in [-0.4, -0.2) is 5.02 Å². The Labute approximate surface area is 46.7 Å². The lowest BCUT2D eigenvalue weighted by Gasteiger charge is -1.77. The molecule has 0 radical (unpaired) electrons. The van der Waals surface area contributed by atoms with Crippen molar-refractivity contribution >= 4 is 31.9 Å². The van der Waals surface area contributed by atoms with E-state index in [4.69, 9.17) is 23.2 Å². The molecule has 0 aromatic rings. The third-order valence-corrected chi connectivity index (χ3v) is 0.946. The number of alkyl halides is 2. The highest BCUT2D eigenvalue weighted by Gasteiger charge is 2.00. The van der Waals surface area contributed by atoms with Crippen molar-refractivity contribution in [1.29, 1.82) is 0 Å².